The van der Waals surface area contributed by atoms with E-state index in [9.17, 15) is 40.4 Å². The molecule has 5 atom stereocenters. The maximum absolute atomic E-state index is 12.7. The second kappa shape index (κ2) is 9.85. The van der Waals surface area contributed by atoms with Crippen molar-refractivity contribution in [3.8, 4) is 11.5 Å². The lowest BCUT2D eigenvalue weighted by molar-refractivity contribution is -0.384. The number of benzene rings is 2. The van der Waals surface area contributed by atoms with Gasteiger partial charge in [-0.2, -0.15) is 0 Å². The average Bonchev–Trinajstić information content (AvgIpc) is 2.78. The maximum Gasteiger partial charge on any atom is 0.269 e. The van der Waals surface area contributed by atoms with Crippen molar-refractivity contribution in [2.75, 3.05) is 6.61 Å². The fourth-order valence-electron chi connectivity index (χ4n) is 3.12. The fourth-order valence-corrected chi connectivity index (χ4v) is 3.12. The lowest BCUT2D eigenvalue weighted by atomic mass is 9.99. The van der Waals surface area contributed by atoms with Gasteiger partial charge in [-0.3, -0.25) is 14.9 Å². The zero-order valence-corrected chi connectivity index (χ0v) is 16.5. The molecule has 2 aromatic carbocycles. The number of phenols is 1. The van der Waals surface area contributed by atoms with Gasteiger partial charge in [0, 0.05) is 12.1 Å². The number of ether oxygens (including phenoxy) is 2. The van der Waals surface area contributed by atoms with Crippen molar-refractivity contribution >= 4 is 17.5 Å². The van der Waals surface area contributed by atoms with E-state index in [1.807, 2.05) is 0 Å². The zero-order chi connectivity index (χ0) is 23.4. The SMILES string of the molecule is O=C(/C=C/c1ccc([N+](=O)[O-])cc1)c1c(O)cccc1O[C@H]1O[C@H](CO)[C@H](O)[C@H](O)[C@H]1O. The largest absolute Gasteiger partial charge is 0.507 e. The van der Waals surface area contributed by atoms with Gasteiger partial charge in [0.1, 0.15) is 41.5 Å². The molecule has 0 bridgehead atoms. The molecule has 1 aliphatic rings. The number of aliphatic hydroxyl groups is 4. The third-order valence-corrected chi connectivity index (χ3v) is 4.87. The summed E-state index contributed by atoms with van der Waals surface area (Å²) in [5.74, 6) is -1.28. The molecule has 1 aliphatic heterocycles. The number of aliphatic hydroxyl groups excluding tert-OH is 4. The molecule has 0 radical (unpaired) electrons. The molecule has 11 heteroatoms. The summed E-state index contributed by atoms with van der Waals surface area (Å²) < 4.78 is 10.8. The fraction of sp³-hybridized carbons (Fsp3) is 0.286. The van der Waals surface area contributed by atoms with E-state index in [1.54, 1.807) is 0 Å². The van der Waals surface area contributed by atoms with Crippen LogP contribution in [0.15, 0.2) is 48.5 Å². The van der Waals surface area contributed by atoms with Gasteiger partial charge >= 0.3 is 0 Å². The van der Waals surface area contributed by atoms with Crippen LogP contribution in [0.2, 0.25) is 0 Å². The minimum Gasteiger partial charge on any atom is -0.507 e. The number of nitro groups is 1. The van der Waals surface area contributed by atoms with E-state index in [-0.39, 0.29) is 17.0 Å². The molecule has 0 spiro atoms. The van der Waals surface area contributed by atoms with E-state index >= 15 is 0 Å². The van der Waals surface area contributed by atoms with Gasteiger partial charge in [-0.05, 0) is 35.9 Å². The zero-order valence-electron chi connectivity index (χ0n) is 16.5. The molecule has 11 nitrogen and oxygen atoms in total. The molecule has 0 aliphatic carbocycles. The summed E-state index contributed by atoms with van der Waals surface area (Å²) in [6.45, 7) is -0.658. The van der Waals surface area contributed by atoms with Crippen LogP contribution in [-0.2, 0) is 4.74 Å². The summed E-state index contributed by atoms with van der Waals surface area (Å²) in [5, 5.41) is 60.1. The molecule has 3 rings (SSSR count). The van der Waals surface area contributed by atoms with Gasteiger partial charge in [0.15, 0.2) is 5.78 Å². The number of nitro benzene ring substituents is 1. The molecule has 0 aromatic heterocycles. The van der Waals surface area contributed by atoms with Gasteiger partial charge < -0.3 is 35.0 Å². The first-order valence-corrected chi connectivity index (χ1v) is 9.49. The molecule has 2 aromatic rings. The number of allylic oxidation sites excluding steroid dienone is 1. The Labute approximate surface area is 181 Å². The lowest BCUT2D eigenvalue weighted by Crippen LogP contribution is -2.60. The number of hydrogen-bond donors (Lipinski definition) is 5. The highest BCUT2D eigenvalue weighted by Gasteiger charge is 2.45. The Hall–Kier alpha value is -3.35. The quantitative estimate of drug-likeness (QED) is 0.172. The minimum absolute atomic E-state index is 0.107. The predicted octanol–water partition coefficient (Wildman–Crippen LogP) is 0.375. The van der Waals surface area contributed by atoms with Gasteiger partial charge in [-0.1, -0.05) is 12.1 Å². The van der Waals surface area contributed by atoms with E-state index in [0.717, 1.165) is 6.08 Å². The van der Waals surface area contributed by atoms with Crippen molar-refractivity contribution in [1.82, 2.24) is 0 Å². The van der Waals surface area contributed by atoms with Crippen LogP contribution < -0.4 is 4.74 Å². The van der Waals surface area contributed by atoms with E-state index in [0.29, 0.717) is 5.56 Å². The van der Waals surface area contributed by atoms with Crippen molar-refractivity contribution in [2.45, 2.75) is 30.7 Å². The van der Waals surface area contributed by atoms with Crippen molar-refractivity contribution < 1.29 is 44.7 Å². The van der Waals surface area contributed by atoms with Gasteiger partial charge in [-0.25, -0.2) is 0 Å². The van der Waals surface area contributed by atoms with E-state index in [1.165, 1.54) is 48.5 Å². The molecule has 0 saturated carbocycles. The Morgan fingerprint density at radius 2 is 1.78 bits per heavy atom. The van der Waals surface area contributed by atoms with Crippen LogP contribution in [0.3, 0.4) is 0 Å². The summed E-state index contributed by atoms with van der Waals surface area (Å²) in [6, 6.07) is 9.39. The molecule has 1 heterocycles. The number of nitrogens with zero attached hydrogens (tertiary/aromatic N) is 1. The Morgan fingerprint density at radius 1 is 1.09 bits per heavy atom. The minimum atomic E-state index is -1.70. The number of hydrogen-bond acceptors (Lipinski definition) is 10. The molecule has 5 N–H and O–H groups in total. The molecule has 32 heavy (non-hydrogen) atoms. The normalized spacial score (nSPS) is 25.6. The Kier molecular flexibility index (Phi) is 7.18. The Balaban J connectivity index is 1.82. The standard InChI is InChI=1S/C21H21NO10/c23-10-16-18(26)19(27)20(28)21(32-16)31-15-3-1-2-13(24)17(15)14(25)9-6-11-4-7-12(8-5-11)22(29)30/h1-9,16,18-21,23-24,26-28H,10H2/b9-6+/t16-,18+,19+,20-,21+/m1/s1. The van der Waals surface area contributed by atoms with Crippen molar-refractivity contribution in [3.05, 3.63) is 69.8 Å². The van der Waals surface area contributed by atoms with Crippen LogP contribution in [0.5, 0.6) is 11.5 Å². The number of rotatable bonds is 7. The van der Waals surface area contributed by atoms with Crippen molar-refractivity contribution in [2.24, 2.45) is 0 Å². The van der Waals surface area contributed by atoms with Crippen molar-refractivity contribution in [1.29, 1.82) is 0 Å². The highest BCUT2D eigenvalue weighted by atomic mass is 16.7. The molecule has 0 amide bonds. The summed E-state index contributed by atoms with van der Waals surface area (Å²) >= 11 is 0. The highest BCUT2D eigenvalue weighted by molar-refractivity contribution is 6.10. The summed E-state index contributed by atoms with van der Waals surface area (Å²) in [6.07, 6.45) is -5.20. The first-order valence-electron chi connectivity index (χ1n) is 9.49. The van der Waals surface area contributed by atoms with E-state index in [2.05, 4.69) is 0 Å². The predicted molar refractivity (Wildman–Crippen MR) is 109 cm³/mol. The van der Waals surface area contributed by atoms with Gasteiger partial charge in [-0.15, -0.1) is 0 Å². The maximum atomic E-state index is 12.7. The first kappa shape index (κ1) is 23.3. The third-order valence-electron chi connectivity index (χ3n) is 4.87. The first-order chi connectivity index (χ1) is 15.2. The van der Waals surface area contributed by atoms with Crippen LogP contribution in [0.4, 0.5) is 5.69 Å². The summed E-state index contributed by atoms with van der Waals surface area (Å²) in [7, 11) is 0. The second-order valence-electron chi connectivity index (χ2n) is 7.01. The lowest BCUT2D eigenvalue weighted by Gasteiger charge is -2.39. The Morgan fingerprint density at radius 3 is 2.41 bits per heavy atom. The topological polar surface area (TPSA) is 180 Å². The summed E-state index contributed by atoms with van der Waals surface area (Å²) in [5.41, 5.74) is 0.128. The highest BCUT2D eigenvalue weighted by Crippen LogP contribution is 2.32. The van der Waals surface area contributed by atoms with Crippen LogP contribution in [0.25, 0.3) is 6.08 Å². The number of ketones is 1. The van der Waals surface area contributed by atoms with Crippen LogP contribution in [-0.4, -0.2) is 73.6 Å². The van der Waals surface area contributed by atoms with Crippen LogP contribution in [0.1, 0.15) is 15.9 Å². The van der Waals surface area contributed by atoms with Gasteiger partial charge in [0.25, 0.3) is 5.69 Å². The number of carbonyl (C=O) groups is 1. The average molecular weight is 447 g/mol. The summed E-state index contributed by atoms with van der Waals surface area (Å²) in [4.78, 5) is 22.9. The smallest absolute Gasteiger partial charge is 0.269 e. The number of phenolic OH excluding ortho intramolecular Hbond substituents is 1. The van der Waals surface area contributed by atoms with E-state index in [4.69, 9.17) is 9.47 Å². The van der Waals surface area contributed by atoms with E-state index < -0.39 is 53.8 Å². The Bertz CT molecular complexity index is 1000. The van der Waals surface area contributed by atoms with Gasteiger partial charge in [0.2, 0.25) is 6.29 Å². The number of carbonyl (C=O) groups excluding carboxylic acids is 1. The molecular formula is C21H21NO10. The molecule has 1 fully saturated rings. The third kappa shape index (κ3) is 4.93. The second-order valence-corrected chi connectivity index (χ2v) is 7.01. The van der Waals surface area contributed by atoms with Gasteiger partial charge in [0.05, 0.1) is 11.5 Å². The molecule has 1 saturated heterocycles. The van der Waals surface area contributed by atoms with Crippen molar-refractivity contribution in [3.63, 3.8) is 0 Å². The number of non-ortho nitro benzene ring substituents is 1. The molecule has 170 valence electrons. The molecule has 0 unspecified atom stereocenters. The van der Waals surface area contributed by atoms with Crippen LogP contribution >= 0.6 is 0 Å². The monoisotopic (exact) mass is 447 g/mol. The molecular weight excluding hydrogens is 426 g/mol. The number of aromatic hydroxyl groups is 1. The van der Waals surface area contributed by atoms with Crippen LogP contribution in [0, 0.1) is 10.1 Å².